The van der Waals surface area contributed by atoms with Crippen molar-refractivity contribution < 1.29 is 4.79 Å². The summed E-state index contributed by atoms with van der Waals surface area (Å²) in [5.74, 6) is 0.683. The van der Waals surface area contributed by atoms with Gasteiger partial charge in [-0.3, -0.25) is 9.89 Å². The zero-order valence-corrected chi connectivity index (χ0v) is 15.6. The van der Waals surface area contributed by atoms with E-state index in [1.165, 1.54) is 17.8 Å². The molecule has 3 aromatic rings. The molecular formula is C21H18N4OS. The number of anilines is 1. The van der Waals surface area contributed by atoms with Crippen LogP contribution in [0.25, 0.3) is 6.08 Å². The van der Waals surface area contributed by atoms with Gasteiger partial charge >= 0.3 is 0 Å². The summed E-state index contributed by atoms with van der Waals surface area (Å²) >= 11 is 1.45. The van der Waals surface area contributed by atoms with E-state index in [0.29, 0.717) is 22.2 Å². The van der Waals surface area contributed by atoms with Crippen molar-refractivity contribution in [3.8, 4) is 6.07 Å². The average Bonchev–Trinajstić information content (AvgIpc) is 3.08. The maximum Gasteiger partial charge on any atom is 0.249 e. The van der Waals surface area contributed by atoms with Crippen molar-refractivity contribution in [3.63, 3.8) is 0 Å². The van der Waals surface area contributed by atoms with Crippen LogP contribution in [0.1, 0.15) is 22.3 Å². The molecule has 0 bridgehead atoms. The van der Waals surface area contributed by atoms with Crippen LogP contribution < -0.4 is 5.32 Å². The summed E-state index contributed by atoms with van der Waals surface area (Å²) < 4.78 is 0. The van der Waals surface area contributed by atoms with Gasteiger partial charge in [0.25, 0.3) is 0 Å². The van der Waals surface area contributed by atoms with Crippen LogP contribution in [0, 0.1) is 18.3 Å². The molecule has 1 aromatic heterocycles. The number of thioether (sulfide) groups is 1. The number of aromatic nitrogens is 2. The number of carbonyl (C=O) groups is 1. The van der Waals surface area contributed by atoms with Gasteiger partial charge in [-0.15, -0.1) is 0 Å². The van der Waals surface area contributed by atoms with Gasteiger partial charge in [-0.25, -0.2) is 0 Å². The summed E-state index contributed by atoms with van der Waals surface area (Å²) in [6, 6.07) is 19.9. The fourth-order valence-corrected chi connectivity index (χ4v) is 3.26. The first-order valence-electron chi connectivity index (χ1n) is 8.36. The lowest BCUT2D eigenvalue weighted by atomic mass is 10.1. The van der Waals surface area contributed by atoms with E-state index in [9.17, 15) is 10.1 Å². The Morgan fingerprint density at radius 1 is 1.22 bits per heavy atom. The molecule has 134 valence electrons. The molecule has 5 nitrogen and oxygen atoms in total. The highest BCUT2D eigenvalue weighted by Gasteiger charge is 2.15. The minimum Gasteiger partial charge on any atom is -0.306 e. The number of nitriles is 1. The fourth-order valence-electron chi connectivity index (χ4n) is 2.36. The molecule has 0 aliphatic rings. The number of hydrogen-bond acceptors (Lipinski definition) is 4. The Bertz CT molecular complexity index is 985. The van der Waals surface area contributed by atoms with Crippen molar-refractivity contribution in [1.29, 1.82) is 5.26 Å². The maximum atomic E-state index is 12.1. The number of benzene rings is 2. The number of hydrogen-bond donors (Lipinski definition) is 2. The molecule has 0 atom stereocenters. The van der Waals surface area contributed by atoms with E-state index in [1.54, 1.807) is 6.08 Å². The minimum absolute atomic E-state index is 0.312. The lowest BCUT2D eigenvalue weighted by molar-refractivity contribution is -0.111. The molecule has 0 unspecified atom stereocenters. The summed E-state index contributed by atoms with van der Waals surface area (Å²) in [5, 5.41) is 19.6. The van der Waals surface area contributed by atoms with E-state index in [0.717, 1.165) is 16.7 Å². The molecule has 0 fully saturated rings. The lowest BCUT2D eigenvalue weighted by Gasteiger charge is -2.00. The van der Waals surface area contributed by atoms with E-state index in [2.05, 4.69) is 21.6 Å². The first kappa shape index (κ1) is 18.5. The summed E-state index contributed by atoms with van der Waals surface area (Å²) in [7, 11) is 0. The molecule has 1 amide bonds. The molecular weight excluding hydrogens is 356 g/mol. The van der Waals surface area contributed by atoms with Crippen LogP contribution in [0.3, 0.4) is 0 Å². The van der Waals surface area contributed by atoms with E-state index in [4.69, 9.17) is 0 Å². The van der Waals surface area contributed by atoms with Gasteiger partial charge in [0.2, 0.25) is 5.91 Å². The van der Waals surface area contributed by atoms with Gasteiger partial charge in [-0.05, 0) is 24.1 Å². The van der Waals surface area contributed by atoms with Crippen LogP contribution >= 0.6 is 11.8 Å². The molecule has 3 rings (SSSR count). The zero-order chi connectivity index (χ0) is 19.1. The van der Waals surface area contributed by atoms with Crippen molar-refractivity contribution in [2.45, 2.75) is 17.7 Å². The van der Waals surface area contributed by atoms with Gasteiger partial charge in [0.05, 0.1) is 0 Å². The summed E-state index contributed by atoms with van der Waals surface area (Å²) in [6.07, 6.45) is 3.16. The third-order valence-corrected chi connectivity index (χ3v) is 4.86. The van der Waals surface area contributed by atoms with Crippen LogP contribution in [-0.4, -0.2) is 16.1 Å². The fraction of sp³-hybridized carbons (Fsp3) is 0.0952. The van der Waals surface area contributed by atoms with Crippen LogP contribution in [0.15, 0.2) is 65.7 Å². The summed E-state index contributed by atoms with van der Waals surface area (Å²) in [6.45, 7) is 2.01. The number of rotatable bonds is 6. The van der Waals surface area contributed by atoms with Crippen LogP contribution in [-0.2, 0) is 10.5 Å². The molecule has 1 heterocycles. The smallest absolute Gasteiger partial charge is 0.249 e. The number of carbonyl (C=O) groups excluding carboxylic acids is 1. The van der Waals surface area contributed by atoms with Gasteiger partial charge in [0, 0.05) is 11.8 Å². The zero-order valence-electron chi connectivity index (χ0n) is 14.8. The van der Waals surface area contributed by atoms with Crippen LogP contribution in [0.5, 0.6) is 0 Å². The summed E-state index contributed by atoms with van der Waals surface area (Å²) in [4.78, 5) is 12.1. The van der Waals surface area contributed by atoms with Crippen molar-refractivity contribution in [3.05, 3.63) is 82.9 Å². The highest BCUT2D eigenvalue weighted by Crippen LogP contribution is 2.28. The second kappa shape index (κ2) is 8.88. The molecule has 0 saturated heterocycles. The molecule has 2 N–H and O–H groups in total. The Kier molecular flexibility index (Phi) is 6.08. The van der Waals surface area contributed by atoms with Gasteiger partial charge in [-0.2, -0.15) is 10.4 Å². The predicted octanol–water partition coefficient (Wildman–Crippen LogP) is 4.53. The topological polar surface area (TPSA) is 81.6 Å². The first-order valence-corrected chi connectivity index (χ1v) is 9.35. The van der Waals surface area contributed by atoms with E-state index >= 15 is 0 Å². The molecule has 0 radical (unpaired) electrons. The second-order valence-corrected chi connectivity index (χ2v) is 6.86. The second-order valence-electron chi connectivity index (χ2n) is 5.90. The number of nitrogens with one attached hydrogen (secondary N) is 2. The van der Waals surface area contributed by atoms with Crippen LogP contribution in [0.4, 0.5) is 5.82 Å². The number of H-pyrrole nitrogens is 1. The molecule has 6 heteroatoms. The minimum atomic E-state index is -0.324. The maximum absolute atomic E-state index is 12.1. The predicted molar refractivity (Wildman–Crippen MR) is 108 cm³/mol. The lowest BCUT2D eigenvalue weighted by Crippen LogP contribution is -2.09. The number of amides is 1. The van der Waals surface area contributed by atoms with Crippen molar-refractivity contribution in [1.82, 2.24) is 10.2 Å². The molecule has 0 saturated carbocycles. The Morgan fingerprint density at radius 3 is 2.67 bits per heavy atom. The van der Waals surface area contributed by atoms with Crippen molar-refractivity contribution in [2.75, 3.05) is 5.32 Å². The van der Waals surface area contributed by atoms with Gasteiger partial charge in [0.1, 0.15) is 22.5 Å². The van der Waals surface area contributed by atoms with E-state index < -0.39 is 0 Å². The van der Waals surface area contributed by atoms with Gasteiger partial charge in [0.15, 0.2) is 0 Å². The largest absolute Gasteiger partial charge is 0.306 e. The van der Waals surface area contributed by atoms with Crippen LogP contribution in [0.2, 0.25) is 0 Å². The van der Waals surface area contributed by atoms with E-state index in [-0.39, 0.29) is 5.91 Å². The Balaban J connectivity index is 1.64. The van der Waals surface area contributed by atoms with E-state index in [1.807, 2.05) is 61.5 Å². The molecule has 0 aliphatic heterocycles. The van der Waals surface area contributed by atoms with Gasteiger partial charge < -0.3 is 5.32 Å². The molecule has 2 aromatic carbocycles. The highest BCUT2D eigenvalue weighted by molar-refractivity contribution is 7.98. The quantitative estimate of drug-likeness (QED) is 0.490. The molecule has 0 spiro atoms. The molecule has 0 aliphatic carbocycles. The van der Waals surface area contributed by atoms with Crippen molar-refractivity contribution in [2.24, 2.45) is 0 Å². The Hall–Kier alpha value is -3.30. The Labute approximate surface area is 162 Å². The monoisotopic (exact) mass is 374 g/mol. The number of nitrogens with zero attached hydrogens (tertiary/aromatic N) is 2. The third-order valence-electron chi connectivity index (χ3n) is 3.82. The van der Waals surface area contributed by atoms with Gasteiger partial charge in [-0.1, -0.05) is 71.9 Å². The molecule has 27 heavy (non-hydrogen) atoms. The highest BCUT2D eigenvalue weighted by atomic mass is 32.2. The van der Waals surface area contributed by atoms with Crippen molar-refractivity contribution >= 4 is 29.6 Å². The SMILES string of the molecule is Cc1ccc(/C=C/C(=O)Nc2[nH]nc(SCc3ccccc3)c2C#N)cc1. The number of aromatic amines is 1. The average molecular weight is 374 g/mol. The standard InChI is InChI=1S/C21H18N4OS/c1-15-7-9-16(10-8-15)11-12-19(26)23-20-18(13-22)21(25-24-20)27-14-17-5-3-2-4-6-17/h2-12H,14H2,1H3,(H2,23,24,25,26)/b12-11+. The Morgan fingerprint density at radius 2 is 1.96 bits per heavy atom. The number of aryl methyl sites for hydroxylation is 1. The third kappa shape index (κ3) is 5.09. The first-order chi connectivity index (χ1) is 13.2. The normalized spacial score (nSPS) is 10.7. The summed E-state index contributed by atoms with van der Waals surface area (Å²) in [5.41, 5.74) is 3.57.